The Morgan fingerprint density at radius 3 is 2.52 bits per heavy atom. The van der Waals surface area contributed by atoms with E-state index in [-0.39, 0.29) is 36.0 Å². The summed E-state index contributed by atoms with van der Waals surface area (Å²) in [4.78, 5) is 35.6. The molecule has 2 rings (SSSR count). The molecule has 0 aromatic heterocycles. The molecular formula is C16H21N3O5S. The molecule has 0 aliphatic heterocycles. The number of nitrogens with one attached hydrogen (secondary N) is 1. The lowest BCUT2D eigenvalue weighted by molar-refractivity contribution is -0.384. The summed E-state index contributed by atoms with van der Waals surface area (Å²) in [5.41, 5.74) is 0.0242. The number of carboxylic acid groups (broad SMARTS) is 1. The molecule has 25 heavy (non-hydrogen) atoms. The average molecular weight is 367 g/mol. The van der Waals surface area contributed by atoms with Gasteiger partial charge in [0.1, 0.15) is 0 Å². The second-order valence-corrected chi connectivity index (χ2v) is 6.93. The topological polar surface area (TPSA) is 113 Å². The third-order valence-corrected chi connectivity index (χ3v) is 5.17. The number of nitro benzene ring substituents is 1. The van der Waals surface area contributed by atoms with E-state index in [1.54, 1.807) is 12.1 Å². The highest BCUT2D eigenvalue weighted by Crippen LogP contribution is 2.26. The van der Waals surface area contributed by atoms with Gasteiger partial charge < -0.3 is 10.4 Å². The van der Waals surface area contributed by atoms with Gasteiger partial charge >= 0.3 is 5.97 Å². The maximum absolute atomic E-state index is 12.0. The van der Waals surface area contributed by atoms with Crippen LogP contribution < -0.4 is 5.32 Å². The number of nitrogens with zero attached hydrogens (tertiary/aromatic N) is 2. The Bertz CT molecular complexity index is 631. The second-order valence-electron chi connectivity index (χ2n) is 5.89. The number of carbonyl (C=O) groups excluding carboxylic acids is 1. The summed E-state index contributed by atoms with van der Waals surface area (Å²) in [6, 6.07) is 6.37. The molecule has 0 atom stereocenters. The maximum atomic E-state index is 12.0. The van der Waals surface area contributed by atoms with Crippen molar-refractivity contribution < 1.29 is 19.6 Å². The molecule has 9 heteroatoms. The van der Waals surface area contributed by atoms with Crippen LogP contribution in [0.15, 0.2) is 29.2 Å². The van der Waals surface area contributed by atoms with Crippen molar-refractivity contribution in [2.75, 3.05) is 18.8 Å². The van der Waals surface area contributed by atoms with E-state index in [9.17, 15) is 19.7 Å². The Hall–Kier alpha value is -2.13. The van der Waals surface area contributed by atoms with Gasteiger partial charge in [0.25, 0.3) is 5.69 Å². The van der Waals surface area contributed by atoms with E-state index in [4.69, 9.17) is 5.11 Å². The van der Waals surface area contributed by atoms with E-state index >= 15 is 0 Å². The number of hydrogen-bond donors (Lipinski definition) is 2. The van der Waals surface area contributed by atoms with Gasteiger partial charge in [-0.1, -0.05) is 6.92 Å². The van der Waals surface area contributed by atoms with E-state index in [1.165, 1.54) is 23.9 Å². The van der Waals surface area contributed by atoms with Crippen LogP contribution in [0.5, 0.6) is 0 Å². The first kappa shape index (κ1) is 19.2. The number of nitro groups is 1. The molecule has 0 heterocycles. The summed E-state index contributed by atoms with van der Waals surface area (Å²) in [6.07, 6.45) is 1.52. The van der Waals surface area contributed by atoms with Gasteiger partial charge in [0, 0.05) is 29.1 Å². The molecule has 1 aliphatic rings. The van der Waals surface area contributed by atoms with Gasteiger partial charge in [-0.05, 0) is 31.5 Å². The molecule has 0 radical (unpaired) electrons. The Morgan fingerprint density at radius 2 is 2.00 bits per heavy atom. The first-order chi connectivity index (χ1) is 11.9. The summed E-state index contributed by atoms with van der Waals surface area (Å²) in [6.45, 7) is 2.63. The molecule has 1 aliphatic carbocycles. The zero-order chi connectivity index (χ0) is 18.4. The van der Waals surface area contributed by atoms with Crippen molar-refractivity contribution in [3.05, 3.63) is 34.4 Å². The van der Waals surface area contributed by atoms with Gasteiger partial charge in [-0.3, -0.25) is 24.6 Å². The Labute approximate surface area is 149 Å². The number of likely N-dealkylation sites (N-methyl/N-ethyl adjacent to an activating group) is 1. The quantitative estimate of drug-likeness (QED) is 0.388. The van der Waals surface area contributed by atoms with Crippen LogP contribution in [0.1, 0.15) is 19.8 Å². The number of thioether (sulfide) groups is 1. The summed E-state index contributed by atoms with van der Waals surface area (Å²) in [5, 5.41) is 22.4. The highest BCUT2D eigenvalue weighted by molar-refractivity contribution is 8.00. The minimum atomic E-state index is -0.839. The van der Waals surface area contributed by atoms with E-state index in [0.29, 0.717) is 6.54 Å². The lowest BCUT2D eigenvalue weighted by Gasteiger charge is -2.42. The predicted octanol–water partition coefficient (Wildman–Crippen LogP) is 1.74. The molecule has 0 spiro atoms. The maximum Gasteiger partial charge on any atom is 0.317 e. The van der Waals surface area contributed by atoms with Crippen molar-refractivity contribution in [2.45, 2.75) is 36.7 Å². The lowest BCUT2D eigenvalue weighted by atomic mass is 9.85. The van der Waals surface area contributed by atoms with Crippen LogP contribution >= 0.6 is 11.8 Å². The van der Waals surface area contributed by atoms with Crippen LogP contribution in [0.25, 0.3) is 0 Å². The molecule has 1 aromatic rings. The van der Waals surface area contributed by atoms with Crippen LogP contribution in [0.2, 0.25) is 0 Å². The van der Waals surface area contributed by atoms with Crippen LogP contribution in [-0.4, -0.2) is 57.7 Å². The third kappa shape index (κ3) is 5.71. The molecule has 1 amide bonds. The summed E-state index contributed by atoms with van der Waals surface area (Å²) < 4.78 is 0. The van der Waals surface area contributed by atoms with E-state index in [1.807, 2.05) is 11.8 Å². The Morgan fingerprint density at radius 1 is 1.36 bits per heavy atom. The van der Waals surface area contributed by atoms with Crippen LogP contribution in [-0.2, 0) is 9.59 Å². The van der Waals surface area contributed by atoms with Crippen molar-refractivity contribution in [3.8, 4) is 0 Å². The minimum Gasteiger partial charge on any atom is -0.480 e. The first-order valence-electron chi connectivity index (χ1n) is 8.01. The normalized spacial score (nSPS) is 19.3. The van der Waals surface area contributed by atoms with Crippen molar-refractivity contribution in [1.82, 2.24) is 10.2 Å². The number of rotatable bonds is 9. The number of aliphatic carboxylic acids is 1. The second kappa shape index (κ2) is 8.82. The number of benzene rings is 1. The molecule has 0 saturated heterocycles. The van der Waals surface area contributed by atoms with Gasteiger partial charge in [0.15, 0.2) is 0 Å². The molecule has 0 unspecified atom stereocenters. The smallest absolute Gasteiger partial charge is 0.317 e. The third-order valence-electron chi connectivity index (χ3n) is 4.16. The van der Waals surface area contributed by atoms with Gasteiger partial charge in [0.05, 0.1) is 17.2 Å². The van der Waals surface area contributed by atoms with Gasteiger partial charge in [-0.2, -0.15) is 0 Å². The van der Waals surface area contributed by atoms with E-state index in [2.05, 4.69) is 5.32 Å². The lowest BCUT2D eigenvalue weighted by Crippen LogP contribution is -2.55. The molecule has 2 N–H and O–H groups in total. The zero-order valence-corrected chi connectivity index (χ0v) is 14.7. The molecule has 0 bridgehead atoms. The van der Waals surface area contributed by atoms with Crippen molar-refractivity contribution in [1.29, 1.82) is 0 Å². The monoisotopic (exact) mass is 367 g/mol. The average Bonchev–Trinajstić information content (AvgIpc) is 2.54. The van der Waals surface area contributed by atoms with Crippen molar-refractivity contribution >= 4 is 29.3 Å². The molecule has 1 aromatic carbocycles. The number of carbonyl (C=O) groups is 2. The fraction of sp³-hybridized carbons (Fsp3) is 0.500. The summed E-state index contributed by atoms with van der Waals surface area (Å²) in [7, 11) is 0. The molecule has 1 saturated carbocycles. The first-order valence-corrected chi connectivity index (χ1v) is 9.00. The molecular weight excluding hydrogens is 346 g/mol. The van der Waals surface area contributed by atoms with Crippen LogP contribution in [0.4, 0.5) is 5.69 Å². The number of non-ortho nitro benzene ring substituents is 1. The fourth-order valence-electron chi connectivity index (χ4n) is 2.76. The van der Waals surface area contributed by atoms with Crippen molar-refractivity contribution in [2.24, 2.45) is 0 Å². The molecule has 8 nitrogen and oxygen atoms in total. The van der Waals surface area contributed by atoms with Crippen molar-refractivity contribution in [3.63, 3.8) is 0 Å². The number of amides is 1. The summed E-state index contributed by atoms with van der Waals surface area (Å²) in [5.74, 6) is -0.687. The largest absolute Gasteiger partial charge is 0.480 e. The number of carboxylic acids is 1. The number of hydrogen-bond acceptors (Lipinski definition) is 6. The highest BCUT2D eigenvalue weighted by atomic mass is 32.2. The van der Waals surface area contributed by atoms with E-state index in [0.717, 1.165) is 17.7 Å². The predicted molar refractivity (Wildman–Crippen MR) is 93.7 cm³/mol. The molecule has 136 valence electrons. The highest BCUT2D eigenvalue weighted by Gasteiger charge is 2.34. The zero-order valence-electron chi connectivity index (χ0n) is 13.9. The van der Waals surface area contributed by atoms with Crippen LogP contribution in [0.3, 0.4) is 0 Å². The van der Waals surface area contributed by atoms with Gasteiger partial charge in [0.2, 0.25) is 5.91 Å². The fourth-order valence-corrected chi connectivity index (χ4v) is 3.47. The van der Waals surface area contributed by atoms with E-state index < -0.39 is 10.9 Å². The summed E-state index contributed by atoms with van der Waals surface area (Å²) >= 11 is 1.32. The Balaban J connectivity index is 1.69. The van der Waals surface area contributed by atoms with Gasteiger partial charge in [-0.15, -0.1) is 11.8 Å². The Kier molecular flexibility index (Phi) is 6.77. The minimum absolute atomic E-state index is 0.0242. The standard InChI is InChI=1S/C16H21N3O5S/c1-2-18(9-16(21)22)13-7-11(8-13)17-15(20)10-25-14-5-3-12(4-6-14)19(23)24/h3-6,11,13H,2,7-10H2,1H3,(H,17,20)(H,21,22). The SMILES string of the molecule is CCN(CC(=O)O)C1CC(NC(=O)CSc2ccc([N+](=O)[O-])cc2)C1. The van der Waals surface area contributed by atoms with Crippen LogP contribution in [0, 0.1) is 10.1 Å². The molecule has 1 fully saturated rings. The van der Waals surface area contributed by atoms with Gasteiger partial charge in [-0.25, -0.2) is 0 Å².